The Morgan fingerprint density at radius 2 is 1.20 bits per heavy atom. The van der Waals surface area contributed by atoms with Gasteiger partial charge in [0, 0.05) is 5.56 Å². The zero-order valence-corrected chi connectivity index (χ0v) is 16.9. The number of carbonyl (C=O) groups is 4. The molecule has 0 radical (unpaired) electrons. The Balaban J connectivity index is 2.34. The molecule has 0 saturated heterocycles. The van der Waals surface area contributed by atoms with E-state index in [2.05, 4.69) is 4.74 Å². The van der Waals surface area contributed by atoms with E-state index in [0.717, 1.165) is 0 Å². The molecule has 0 heterocycles. The van der Waals surface area contributed by atoms with Crippen LogP contribution < -0.4 is 0 Å². The number of benzene rings is 2. The lowest BCUT2D eigenvalue weighted by Crippen LogP contribution is -2.18. The van der Waals surface area contributed by atoms with E-state index in [1.807, 2.05) is 0 Å². The molecule has 0 saturated carbocycles. The molecule has 8 nitrogen and oxygen atoms in total. The minimum Gasteiger partial charge on any atom is -0.465 e. The molecule has 0 aromatic heterocycles. The van der Waals surface area contributed by atoms with E-state index in [0.29, 0.717) is 0 Å². The minimum atomic E-state index is -0.785. The van der Waals surface area contributed by atoms with Crippen LogP contribution >= 0.6 is 0 Å². The standard InChI is InChI=1S/C22H22O8/c1-4-28-21(25)17-12-8-9-14(18(17)22(26)29-5-2)13-30-20(24)16-11-7-6-10-15(16)19(23)27-3/h6-12H,4-5,13H2,1-3H3. The molecular formula is C22H22O8. The molecule has 2 aromatic rings. The number of esters is 4. The van der Waals surface area contributed by atoms with Crippen LogP contribution in [-0.2, 0) is 25.6 Å². The second-order valence-corrected chi connectivity index (χ2v) is 5.89. The second kappa shape index (κ2) is 10.8. The van der Waals surface area contributed by atoms with E-state index >= 15 is 0 Å². The SMILES string of the molecule is CCOC(=O)c1cccc(COC(=O)c2ccccc2C(=O)OC)c1C(=O)OCC. The van der Waals surface area contributed by atoms with E-state index in [4.69, 9.17) is 14.2 Å². The number of hydrogen-bond acceptors (Lipinski definition) is 8. The maximum atomic E-state index is 12.5. The van der Waals surface area contributed by atoms with Crippen LogP contribution in [0.1, 0.15) is 60.8 Å². The molecule has 158 valence electrons. The lowest BCUT2D eigenvalue weighted by molar-refractivity contribution is 0.0435. The van der Waals surface area contributed by atoms with Crippen molar-refractivity contribution in [3.05, 3.63) is 70.3 Å². The summed E-state index contributed by atoms with van der Waals surface area (Å²) >= 11 is 0. The van der Waals surface area contributed by atoms with E-state index in [9.17, 15) is 19.2 Å². The van der Waals surface area contributed by atoms with Crippen LogP contribution in [0.25, 0.3) is 0 Å². The van der Waals surface area contributed by atoms with Gasteiger partial charge in [-0.1, -0.05) is 24.3 Å². The zero-order chi connectivity index (χ0) is 22.1. The third-order valence-corrected chi connectivity index (χ3v) is 4.04. The Kier molecular flexibility index (Phi) is 8.10. The number of rotatable bonds is 8. The summed E-state index contributed by atoms with van der Waals surface area (Å²) in [6.07, 6.45) is 0. The van der Waals surface area contributed by atoms with Gasteiger partial charge in [-0.3, -0.25) is 0 Å². The van der Waals surface area contributed by atoms with Crippen molar-refractivity contribution < 1.29 is 38.1 Å². The van der Waals surface area contributed by atoms with Gasteiger partial charge in [0.2, 0.25) is 0 Å². The van der Waals surface area contributed by atoms with Gasteiger partial charge in [0.05, 0.1) is 42.6 Å². The summed E-state index contributed by atoms with van der Waals surface area (Å²) < 4.78 is 20.0. The van der Waals surface area contributed by atoms with E-state index < -0.39 is 23.9 Å². The predicted molar refractivity (Wildman–Crippen MR) is 105 cm³/mol. The first-order valence-corrected chi connectivity index (χ1v) is 9.25. The van der Waals surface area contributed by atoms with Gasteiger partial charge < -0.3 is 18.9 Å². The summed E-state index contributed by atoms with van der Waals surface area (Å²) in [5, 5.41) is 0. The molecule has 2 rings (SSSR count). The van der Waals surface area contributed by atoms with Gasteiger partial charge in [0.15, 0.2) is 0 Å². The van der Waals surface area contributed by atoms with Gasteiger partial charge in [-0.15, -0.1) is 0 Å². The van der Waals surface area contributed by atoms with Crippen LogP contribution in [0.4, 0.5) is 0 Å². The fourth-order valence-corrected chi connectivity index (χ4v) is 2.71. The molecule has 0 bridgehead atoms. The van der Waals surface area contributed by atoms with Gasteiger partial charge in [-0.2, -0.15) is 0 Å². The molecular weight excluding hydrogens is 392 g/mol. The highest BCUT2D eigenvalue weighted by molar-refractivity contribution is 6.05. The Morgan fingerprint density at radius 3 is 1.80 bits per heavy atom. The first kappa shape index (κ1) is 22.6. The highest BCUT2D eigenvalue weighted by Crippen LogP contribution is 2.20. The van der Waals surface area contributed by atoms with E-state index in [-0.39, 0.29) is 47.6 Å². The molecule has 0 N–H and O–H groups in total. The van der Waals surface area contributed by atoms with Crippen molar-refractivity contribution in [3.63, 3.8) is 0 Å². The largest absolute Gasteiger partial charge is 0.465 e. The third kappa shape index (κ3) is 5.22. The fraction of sp³-hybridized carbons (Fsp3) is 0.273. The van der Waals surface area contributed by atoms with Gasteiger partial charge in [0.25, 0.3) is 0 Å². The van der Waals surface area contributed by atoms with Crippen molar-refractivity contribution >= 4 is 23.9 Å². The lowest BCUT2D eigenvalue weighted by atomic mass is 10.0. The van der Waals surface area contributed by atoms with Gasteiger partial charge in [-0.25, -0.2) is 19.2 Å². The Hall–Kier alpha value is -3.68. The van der Waals surface area contributed by atoms with Crippen molar-refractivity contribution in [2.24, 2.45) is 0 Å². The number of ether oxygens (including phenoxy) is 4. The first-order valence-electron chi connectivity index (χ1n) is 9.25. The Morgan fingerprint density at radius 1 is 0.667 bits per heavy atom. The van der Waals surface area contributed by atoms with Crippen molar-refractivity contribution in [1.29, 1.82) is 0 Å². The normalized spacial score (nSPS) is 10.1. The highest BCUT2D eigenvalue weighted by atomic mass is 16.5. The summed E-state index contributed by atoms with van der Waals surface area (Å²) in [6.45, 7) is 3.18. The maximum Gasteiger partial charge on any atom is 0.339 e. The van der Waals surface area contributed by atoms with Crippen LogP contribution in [0.5, 0.6) is 0 Å². The summed E-state index contributed by atoms with van der Waals surface area (Å²) in [4.78, 5) is 49.1. The summed E-state index contributed by atoms with van der Waals surface area (Å²) in [7, 11) is 1.21. The molecule has 0 aliphatic heterocycles. The van der Waals surface area contributed by atoms with Crippen LogP contribution in [-0.4, -0.2) is 44.2 Å². The highest BCUT2D eigenvalue weighted by Gasteiger charge is 2.24. The summed E-state index contributed by atoms with van der Waals surface area (Å²) in [6, 6.07) is 10.5. The van der Waals surface area contributed by atoms with Crippen molar-refractivity contribution in [3.8, 4) is 0 Å². The predicted octanol–water partition coefficient (Wildman–Crippen LogP) is 3.18. The first-order chi connectivity index (χ1) is 14.4. The quantitative estimate of drug-likeness (QED) is 0.479. The summed E-state index contributed by atoms with van der Waals surface area (Å²) in [5.74, 6) is -2.89. The van der Waals surface area contributed by atoms with Crippen LogP contribution in [0.15, 0.2) is 42.5 Å². The molecule has 30 heavy (non-hydrogen) atoms. The minimum absolute atomic E-state index is 0.0128. The molecule has 0 unspecified atom stereocenters. The van der Waals surface area contributed by atoms with Crippen molar-refractivity contribution in [2.45, 2.75) is 20.5 Å². The monoisotopic (exact) mass is 414 g/mol. The molecule has 0 spiro atoms. The van der Waals surface area contributed by atoms with Crippen LogP contribution in [0, 0.1) is 0 Å². The van der Waals surface area contributed by atoms with Gasteiger partial charge in [-0.05, 0) is 32.0 Å². The Labute approximate surface area is 173 Å². The molecule has 0 atom stereocenters. The molecule has 2 aromatic carbocycles. The topological polar surface area (TPSA) is 105 Å². The Bertz CT molecular complexity index is 948. The zero-order valence-electron chi connectivity index (χ0n) is 16.9. The number of hydrogen-bond donors (Lipinski definition) is 0. The van der Waals surface area contributed by atoms with Gasteiger partial charge >= 0.3 is 23.9 Å². The second-order valence-electron chi connectivity index (χ2n) is 5.89. The third-order valence-electron chi connectivity index (χ3n) is 4.04. The molecule has 0 amide bonds. The van der Waals surface area contributed by atoms with Crippen molar-refractivity contribution in [2.75, 3.05) is 20.3 Å². The molecule has 0 fully saturated rings. The summed E-state index contributed by atoms with van der Waals surface area (Å²) in [5.41, 5.74) is 0.313. The van der Waals surface area contributed by atoms with E-state index in [1.165, 1.54) is 31.4 Å². The maximum absolute atomic E-state index is 12.5. The molecule has 8 heteroatoms. The average Bonchev–Trinajstić information content (AvgIpc) is 2.76. The van der Waals surface area contributed by atoms with Gasteiger partial charge in [0.1, 0.15) is 6.61 Å². The fourth-order valence-electron chi connectivity index (χ4n) is 2.71. The molecule has 0 aliphatic rings. The van der Waals surface area contributed by atoms with Crippen LogP contribution in [0.2, 0.25) is 0 Å². The average molecular weight is 414 g/mol. The van der Waals surface area contributed by atoms with Crippen LogP contribution in [0.3, 0.4) is 0 Å². The number of methoxy groups -OCH3 is 1. The molecule has 0 aliphatic carbocycles. The number of carbonyl (C=O) groups excluding carboxylic acids is 4. The van der Waals surface area contributed by atoms with Crippen molar-refractivity contribution in [1.82, 2.24) is 0 Å². The lowest BCUT2D eigenvalue weighted by Gasteiger charge is -2.14. The van der Waals surface area contributed by atoms with E-state index in [1.54, 1.807) is 32.0 Å². The smallest absolute Gasteiger partial charge is 0.339 e.